The van der Waals surface area contributed by atoms with Gasteiger partial charge in [-0.25, -0.2) is 0 Å². The molecule has 0 heterocycles. The lowest BCUT2D eigenvalue weighted by molar-refractivity contribution is 0.319. The van der Waals surface area contributed by atoms with Crippen LogP contribution < -0.4 is 9.47 Å². The van der Waals surface area contributed by atoms with Crippen molar-refractivity contribution in [2.24, 2.45) is 0 Å². The number of hydrogen-bond acceptors (Lipinski definition) is 2. The molecule has 0 unspecified atom stereocenters. The third kappa shape index (κ3) is 3.38. The van der Waals surface area contributed by atoms with Crippen LogP contribution in [0.1, 0.15) is 51.7 Å². The predicted octanol–water partition coefficient (Wildman–Crippen LogP) is 6.70. The summed E-state index contributed by atoms with van der Waals surface area (Å²) in [6.07, 6.45) is 4.06. The third-order valence-corrected chi connectivity index (χ3v) is 4.91. The maximum Gasteiger partial charge on any atom is 0.135 e. The Morgan fingerprint density at radius 3 is 1.38 bits per heavy atom. The van der Waals surface area contributed by atoms with Crippen molar-refractivity contribution >= 4 is 21.5 Å². The minimum absolute atomic E-state index is 0.727. The van der Waals surface area contributed by atoms with E-state index in [1.807, 2.05) is 0 Å². The summed E-state index contributed by atoms with van der Waals surface area (Å²) in [7, 11) is 0. The van der Waals surface area contributed by atoms with E-state index in [0.717, 1.165) is 61.2 Å². The standard InChI is InChI=1S/C24H30O2/c1-5-13-25-23-19-11-9-10-12-20(19)24(26-14-6-2)22-16-18(8-4)17(7-3)15-21(22)23/h9-12,15-16H,5-8,13-14H2,1-4H3. The van der Waals surface area contributed by atoms with Crippen LogP contribution in [0.2, 0.25) is 0 Å². The quantitative estimate of drug-likeness (QED) is 0.421. The van der Waals surface area contributed by atoms with E-state index in [2.05, 4.69) is 64.1 Å². The molecule has 0 amide bonds. The van der Waals surface area contributed by atoms with E-state index in [1.54, 1.807) is 0 Å². The Kier molecular flexibility index (Phi) is 6.03. The second-order valence-electron chi connectivity index (χ2n) is 6.77. The molecular formula is C24H30O2. The number of ether oxygens (including phenoxy) is 2. The van der Waals surface area contributed by atoms with Crippen LogP contribution in [-0.4, -0.2) is 13.2 Å². The first-order chi connectivity index (χ1) is 12.7. The van der Waals surface area contributed by atoms with Gasteiger partial charge in [0.05, 0.1) is 13.2 Å². The van der Waals surface area contributed by atoms with E-state index in [1.165, 1.54) is 21.9 Å². The van der Waals surface area contributed by atoms with Gasteiger partial charge in [-0.05, 0) is 48.9 Å². The van der Waals surface area contributed by atoms with Gasteiger partial charge in [0, 0.05) is 21.5 Å². The topological polar surface area (TPSA) is 18.5 Å². The molecule has 3 aromatic carbocycles. The summed E-state index contributed by atoms with van der Waals surface area (Å²) < 4.78 is 12.5. The van der Waals surface area contributed by atoms with Crippen LogP contribution in [0.5, 0.6) is 11.5 Å². The van der Waals surface area contributed by atoms with Crippen molar-refractivity contribution in [1.82, 2.24) is 0 Å². The lowest BCUT2D eigenvalue weighted by atomic mass is 9.93. The number of fused-ring (bicyclic) bond motifs is 2. The van der Waals surface area contributed by atoms with Crippen molar-refractivity contribution in [3.05, 3.63) is 47.5 Å². The molecule has 0 N–H and O–H groups in total. The SMILES string of the molecule is CCCOc1c2ccccc2c(OCCC)c2cc(CC)c(CC)cc12. The third-order valence-electron chi connectivity index (χ3n) is 4.91. The van der Waals surface area contributed by atoms with Crippen LogP contribution in [0.25, 0.3) is 21.5 Å². The van der Waals surface area contributed by atoms with E-state index in [9.17, 15) is 0 Å². The van der Waals surface area contributed by atoms with Gasteiger partial charge >= 0.3 is 0 Å². The number of rotatable bonds is 8. The van der Waals surface area contributed by atoms with Gasteiger partial charge in [-0.3, -0.25) is 0 Å². The molecule has 0 spiro atoms. The lowest BCUT2D eigenvalue weighted by Gasteiger charge is -2.19. The molecule has 2 nitrogen and oxygen atoms in total. The number of aryl methyl sites for hydroxylation is 2. The van der Waals surface area contributed by atoms with E-state index in [4.69, 9.17) is 9.47 Å². The number of benzene rings is 3. The van der Waals surface area contributed by atoms with E-state index in [-0.39, 0.29) is 0 Å². The summed E-state index contributed by atoms with van der Waals surface area (Å²) >= 11 is 0. The molecule has 0 saturated heterocycles. The fraction of sp³-hybridized carbons (Fsp3) is 0.417. The second-order valence-corrected chi connectivity index (χ2v) is 6.77. The first-order valence-corrected chi connectivity index (χ1v) is 10.0. The summed E-state index contributed by atoms with van der Waals surface area (Å²) in [5.41, 5.74) is 2.80. The Morgan fingerprint density at radius 1 is 0.615 bits per heavy atom. The molecule has 0 fully saturated rings. The van der Waals surface area contributed by atoms with Crippen molar-refractivity contribution in [1.29, 1.82) is 0 Å². The average Bonchev–Trinajstić information content (AvgIpc) is 2.69. The minimum atomic E-state index is 0.727. The number of hydrogen-bond donors (Lipinski definition) is 0. The van der Waals surface area contributed by atoms with Crippen LogP contribution in [0, 0.1) is 0 Å². The molecule has 0 atom stereocenters. The molecule has 0 bridgehead atoms. The second kappa shape index (κ2) is 8.44. The van der Waals surface area contributed by atoms with Crippen molar-refractivity contribution < 1.29 is 9.47 Å². The molecule has 3 rings (SSSR count). The van der Waals surface area contributed by atoms with Crippen molar-refractivity contribution in [2.45, 2.75) is 53.4 Å². The van der Waals surface area contributed by atoms with Crippen molar-refractivity contribution in [3.63, 3.8) is 0 Å². The van der Waals surface area contributed by atoms with Crippen molar-refractivity contribution in [3.8, 4) is 11.5 Å². The lowest BCUT2D eigenvalue weighted by Crippen LogP contribution is -2.02. The predicted molar refractivity (Wildman–Crippen MR) is 112 cm³/mol. The zero-order chi connectivity index (χ0) is 18.5. The van der Waals surface area contributed by atoms with Gasteiger partial charge in [-0.1, -0.05) is 52.0 Å². The zero-order valence-corrected chi connectivity index (χ0v) is 16.5. The Labute approximate surface area is 157 Å². The monoisotopic (exact) mass is 350 g/mol. The molecule has 0 aliphatic rings. The van der Waals surface area contributed by atoms with E-state index in [0.29, 0.717) is 0 Å². The fourth-order valence-corrected chi connectivity index (χ4v) is 3.61. The summed E-state index contributed by atoms with van der Waals surface area (Å²) in [4.78, 5) is 0. The Morgan fingerprint density at radius 2 is 1.04 bits per heavy atom. The largest absolute Gasteiger partial charge is 0.492 e. The zero-order valence-electron chi connectivity index (χ0n) is 16.5. The molecule has 0 aliphatic heterocycles. The highest BCUT2D eigenvalue weighted by atomic mass is 16.5. The Bertz CT molecular complexity index is 822. The van der Waals surface area contributed by atoms with E-state index >= 15 is 0 Å². The highest BCUT2D eigenvalue weighted by molar-refractivity contribution is 6.11. The van der Waals surface area contributed by atoms with Gasteiger partial charge in [0.1, 0.15) is 11.5 Å². The normalized spacial score (nSPS) is 11.2. The van der Waals surface area contributed by atoms with Crippen LogP contribution in [0.15, 0.2) is 36.4 Å². The van der Waals surface area contributed by atoms with E-state index < -0.39 is 0 Å². The molecule has 0 radical (unpaired) electrons. The summed E-state index contributed by atoms with van der Waals surface area (Å²) in [5, 5.41) is 4.64. The van der Waals surface area contributed by atoms with Gasteiger partial charge < -0.3 is 9.47 Å². The maximum absolute atomic E-state index is 6.26. The summed E-state index contributed by atoms with van der Waals surface area (Å²) in [6.45, 7) is 10.2. The van der Waals surface area contributed by atoms with Crippen molar-refractivity contribution in [2.75, 3.05) is 13.2 Å². The molecule has 3 aromatic rings. The summed E-state index contributed by atoms with van der Waals surface area (Å²) in [5.74, 6) is 2.00. The van der Waals surface area contributed by atoms with Crippen LogP contribution in [-0.2, 0) is 12.8 Å². The van der Waals surface area contributed by atoms with Gasteiger partial charge in [0.15, 0.2) is 0 Å². The van der Waals surface area contributed by atoms with Gasteiger partial charge in [-0.2, -0.15) is 0 Å². The van der Waals surface area contributed by atoms with Gasteiger partial charge in [0.25, 0.3) is 0 Å². The molecule has 0 aromatic heterocycles. The van der Waals surface area contributed by atoms with Gasteiger partial charge in [-0.15, -0.1) is 0 Å². The fourth-order valence-electron chi connectivity index (χ4n) is 3.61. The molecule has 0 saturated carbocycles. The minimum Gasteiger partial charge on any atom is -0.492 e. The van der Waals surface area contributed by atoms with Crippen LogP contribution in [0.3, 0.4) is 0 Å². The van der Waals surface area contributed by atoms with Crippen LogP contribution in [0.4, 0.5) is 0 Å². The first-order valence-electron chi connectivity index (χ1n) is 10.0. The van der Waals surface area contributed by atoms with Crippen LogP contribution >= 0.6 is 0 Å². The molecule has 0 aliphatic carbocycles. The smallest absolute Gasteiger partial charge is 0.135 e. The van der Waals surface area contributed by atoms with Gasteiger partial charge in [0.2, 0.25) is 0 Å². The molecule has 2 heteroatoms. The highest BCUT2D eigenvalue weighted by Gasteiger charge is 2.17. The first kappa shape index (κ1) is 18.6. The average molecular weight is 351 g/mol. The highest BCUT2D eigenvalue weighted by Crippen LogP contribution is 2.44. The summed E-state index contributed by atoms with van der Waals surface area (Å²) in [6, 6.07) is 13.1. The Balaban J connectivity index is 2.40. The Hall–Kier alpha value is -2.22. The molecule has 138 valence electrons. The maximum atomic E-state index is 6.26. The molecule has 26 heavy (non-hydrogen) atoms. The molecular weight excluding hydrogens is 320 g/mol.